The van der Waals surface area contributed by atoms with Crippen molar-refractivity contribution in [3.63, 3.8) is 0 Å². The molecule has 2 N–H and O–H groups in total. The van der Waals surface area contributed by atoms with Gasteiger partial charge in [-0.25, -0.2) is 14.5 Å². The van der Waals surface area contributed by atoms with E-state index in [9.17, 15) is 9.59 Å². The van der Waals surface area contributed by atoms with Gasteiger partial charge in [0.05, 0.1) is 23.3 Å². The molecule has 4 aromatic rings. The van der Waals surface area contributed by atoms with E-state index in [1.807, 2.05) is 36.4 Å². The molecule has 128 valence electrons. The fraction of sp³-hybridized carbons (Fsp3) is 0. The van der Waals surface area contributed by atoms with E-state index < -0.39 is 6.16 Å². The van der Waals surface area contributed by atoms with E-state index in [2.05, 4.69) is 19.8 Å². The highest BCUT2D eigenvalue weighted by atomic mass is 16.7. The molecule has 0 atom stereocenters. The topological polar surface area (TPSA) is 110 Å². The van der Waals surface area contributed by atoms with Gasteiger partial charge in [-0.05, 0) is 11.6 Å². The Morgan fingerprint density at radius 3 is 2.69 bits per heavy atom. The summed E-state index contributed by atoms with van der Waals surface area (Å²) >= 11 is 0. The third-order valence-corrected chi connectivity index (χ3v) is 3.79. The fourth-order valence-corrected chi connectivity index (χ4v) is 2.68. The molecule has 2 aromatic heterocycles. The van der Waals surface area contributed by atoms with Gasteiger partial charge in [0, 0.05) is 5.56 Å². The van der Waals surface area contributed by atoms with Crippen LogP contribution < -0.4 is 10.3 Å². The summed E-state index contributed by atoms with van der Waals surface area (Å²) in [5, 5.41) is 13.1. The van der Waals surface area contributed by atoms with Crippen molar-refractivity contribution in [1.82, 2.24) is 19.7 Å². The molecule has 0 amide bonds. The molecule has 8 heteroatoms. The van der Waals surface area contributed by atoms with Gasteiger partial charge in [0.1, 0.15) is 0 Å². The number of hydrogen-bond donors (Lipinski definition) is 2. The molecule has 0 bridgehead atoms. The number of fused-ring (bicyclic) bond motifs is 1. The zero-order chi connectivity index (χ0) is 18.1. The number of hydrogen-bond acceptors (Lipinski definition) is 5. The molecule has 2 aromatic carbocycles. The number of nitrogens with zero attached hydrogens (tertiary/aromatic N) is 3. The molecule has 8 nitrogen and oxygen atoms in total. The number of para-hydroxylation sites is 1. The van der Waals surface area contributed by atoms with Gasteiger partial charge in [-0.2, -0.15) is 5.10 Å². The summed E-state index contributed by atoms with van der Waals surface area (Å²) in [4.78, 5) is 30.3. The molecule has 0 aliphatic heterocycles. The first-order valence-corrected chi connectivity index (χ1v) is 7.66. The molecule has 2 heterocycles. The SMILES string of the molecule is O=C(O)Oc1cnn(-c2nc3c(-c4ccccc4)cccc3c(=O)[nH]2)c1. The van der Waals surface area contributed by atoms with E-state index in [-0.39, 0.29) is 17.3 Å². The van der Waals surface area contributed by atoms with Crippen molar-refractivity contribution in [2.75, 3.05) is 0 Å². The van der Waals surface area contributed by atoms with E-state index in [1.54, 1.807) is 12.1 Å². The van der Waals surface area contributed by atoms with Gasteiger partial charge in [-0.15, -0.1) is 0 Å². The Morgan fingerprint density at radius 1 is 1.12 bits per heavy atom. The van der Waals surface area contributed by atoms with Crippen molar-refractivity contribution in [3.8, 4) is 22.8 Å². The highest BCUT2D eigenvalue weighted by Gasteiger charge is 2.12. The average Bonchev–Trinajstić information content (AvgIpc) is 3.10. The first-order chi connectivity index (χ1) is 12.6. The molecule has 0 saturated carbocycles. The Balaban J connectivity index is 1.89. The summed E-state index contributed by atoms with van der Waals surface area (Å²) in [6.45, 7) is 0. The second-order valence-corrected chi connectivity index (χ2v) is 5.45. The molecule has 0 radical (unpaired) electrons. The maximum Gasteiger partial charge on any atom is 0.511 e. The molecule has 0 aliphatic rings. The summed E-state index contributed by atoms with van der Waals surface area (Å²) < 4.78 is 5.79. The first kappa shape index (κ1) is 15.6. The van der Waals surface area contributed by atoms with Crippen molar-refractivity contribution in [2.45, 2.75) is 0 Å². The maximum absolute atomic E-state index is 12.5. The highest BCUT2D eigenvalue weighted by Crippen LogP contribution is 2.26. The standard InChI is InChI=1S/C18H12N4O4/c23-16-14-8-4-7-13(11-5-2-1-3-6-11)15(14)20-17(21-16)22-10-12(9-19-22)26-18(24)25/h1-10H,(H,24,25)(H,20,21,23). The summed E-state index contributed by atoms with van der Waals surface area (Å²) in [6.07, 6.45) is 1.10. The predicted molar refractivity (Wildman–Crippen MR) is 93.6 cm³/mol. The number of rotatable bonds is 3. The van der Waals surface area contributed by atoms with Crippen LogP contribution in [-0.4, -0.2) is 31.0 Å². The fourth-order valence-electron chi connectivity index (χ4n) is 2.68. The Hall–Kier alpha value is -3.94. The van der Waals surface area contributed by atoms with Crippen LogP contribution in [0.5, 0.6) is 5.75 Å². The highest BCUT2D eigenvalue weighted by molar-refractivity contribution is 5.93. The smallest absolute Gasteiger partial charge is 0.449 e. The lowest BCUT2D eigenvalue weighted by Crippen LogP contribution is -2.14. The molecule has 0 fully saturated rings. The minimum atomic E-state index is -1.45. The van der Waals surface area contributed by atoms with Crippen LogP contribution >= 0.6 is 0 Å². The van der Waals surface area contributed by atoms with Gasteiger partial charge < -0.3 is 9.84 Å². The van der Waals surface area contributed by atoms with Gasteiger partial charge in [0.2, 0.25) is 5.95 Å². The normalized spacial score (nSPS) is 10.8. The van der Waals surface area contributed by atoms with Crippen LogP contribution in [0.3, 0.4) is 0 Å². The Kier molecular flexibility index (Phi) is 3.70. The van der Waals surface area contributed by atoms with Crippen LogP contribution in [0.25, 0.3) is 28.0 Å². The third-order valence-electron chi connectivity index (χ3n) is 3.79. The molecule has 0 aliphatic carbocycles. The number of aromatic amines is 1. The summed E-state index contributed by atoms with van der Waals surface area (Å²) in [6, 6.07) is 15.0. The van der Waals surface area contributed by atoms with Gasteiger partial charge in [0.25, 0.3) is 5.56 Å². The number of benzene rings is 2. The minimum absolute atomic E-state index is 0.0246. The largest absolute Gasteiger partial charge is 0.511 e. The third kappa shape index (κ3) is 2.80. The van der Waals surface area contributed by atoms with E-state index >= 15 is 0 Å². The summed E-state index contributed by atoms with van der Waals surface area (Å²) in [5.74, 6) is 0.183. The minimum Gasteiger partial charge on any atom is -0.449 e. The molecule has 0 unspecified atom stereocenters. The monoisotopic (exact) mass is 348 g/mol. The van der Waals surface area contributed by atoms with Crippen LogP contribution in [-0.2, 0) is 0 Å². The van der Waals surface area contributed by atoms with Crippen LogP contribution in [0.4, 0.5) is 4.79 Å². The zero-order valence-electron chi connectivity index (χ0n) is 13.3. The van der Waals surface area contributed by atoms with Gasteiger partial charge >= 0.3 is 6.16 Å². The number of nitrogens with one attached hydrogen (secondary N) is 1. The summed E-state index contributed by atoms with van der Waals surface area (Å²) in [5.41, 5.74) is 1.94. The van der Waals surface area contributed by atoms with Crippen LogP contribution in [0.2, 0.25) is 0 Å². The van der Waals surface area contributed by atoms with Crippen molar-refractivity contribution in [2.24, 2.45) is 0 Å². The Labute approximate surface area is 146 Å². The lowest BCUT2D eigenvalue weighted by Gasteiger charge is -2.07. The number of carboxylic acid groups (broad SMARTS) is 1. The lowest BCUT2D eigenvalue weighted by molar-refractivity contribution is 0.144. The Bertz CT molecular complexity index is 1160. The van der Waals surface area contributed by atoms with Crippen LogP contribution in [0.1, 0.15) is 0 Å². The van der Waals surface area contributed by atoms with Crippen LogP contribution in [0.15, 0.2) is 65.7 Å². The summed E-state index contributed by atoms with van der Waals surface area (Å²) in [7, 11) is 0. The van der Waals surface area contributed by atoms with E-state index in [0.717, 1.165) is 11.1 Å². The second kappa shape index (κ2) is 6.17. The predicted octanol–water partition coefficient (Wildman–Crippen LogP) is 2.83. The first-order valence-electron chi connectivity index (χ1n) is 7.66. The molecular weight excluding hydrogens is 336 g/mol. The molecule has 0 saturated heterocycles. The van der Waals surface area contributed by atoms with Crippen molar-refractivity contribution in [3.05, 3.63) is 71.3 Å². The number of ether oxygens (including phenoxy) is 1. The lowest BCUT2D eigenvalue weighted by atomic mass is 10.0. The maximum atomic E-state index is 12.5. The number of carbonyl (C=O) groups is 1. The molecule has 0 spiro atoms. The van der Waals surface area contributed by atoms with Gasteiger partial charge in [0.15, 0.2) is 5.75 Å². The van der Waals surface area contributed by atoms with E-state index in [4.69, 9.17) is 5.11 Å². The number of H-pyrrole nitrogens is 1. The van der Waals surface area contributed by atoms with Crippen molar-refractivity contribution < 1.29 is 14.6 Å². The molecular formula is C18H12N4O4. The Morgan fingerprint density at radius 2 is 1.92 bits per heavy atom. The quantitative estimate of drug-likeness (QED) is 0.551. The molecule has 4 rings (SSSR count). The van der Waals surface area contributed by atoms with E-state index in [0.29, 0.717) is 10.9 Å². The average molecular weight is 348 g/mol. The van der Waals surface area contributed by atoms with Crippen molar-refractivity contribution in [1.29, 1.82) is 0 Å². The zero-order valence-corrected chi connectivity index (χ0v) is 13.3. The van der Waals surface area contributed by atoms with E-state index in [1.165, 1.54) is 17.1 Å². The molecule has 26 heavy (non-hydrogen) atoms. The van der Waals surface area contributed by atoms with Gasteiger partial charge in [-0.1, -0.05) is 42.5 Å². The van der Waals surface area contributed by atoms with Crippen LogP contribution in [0, 0.1) is 0 Å². The number of aromatic nitrogens is 4. The van der Waals surface area contributed by atoms with Crippen molar-refractivity contribution >= 4 is 17.1 Å². The van der Waals surface area contributed by atoms with Gasteiger partial charge in [-0.3, -0.25) is 9.78 Å². The second-order valence-electron chi connectivity index (χ2n) is 5.45.